The SMILES string of the molecule is CC1CN(C(C)CNCC(F)(F)F)CC1N(C)C. The molecule has 0 spiro atoms. The Morgan fingerprint density at radius 2 is 1.94 bits per heavy atom. The fraction of sp³-hybridized carbons (Fsp3) is 1.00. The number of rotatable bonds is 5. The molecule has 108 valence electrons. The summed E-state index contributed by atoms with van der Waals surface area (Å²) in [6.07, 6.45) is -4.12. The Balaban J connectivity index is 2.33. The molecule has 3 unspecified atom stereocenters. The largest absolute Gasteiger partial charge is 0.401 e. The van der Waals surface area contributed by atoms with Crippen LogP contribution in [0.5, 0.6) is 0 Å². The summed E-state index contributed by atoms with van der Waals surface area (Å²) in [4.78, 5) is 4.46. The molecule has 0 amide bonds. The zero-order valence-electron chi connectivity index (χ0n) is 11.6. The topological polar surface area (TPSA) is 18.5 Å². The summed E-state index contributed by atoms with van der Waals surface area (Å²) >= 11 is 0. The quantitative estimate of drug-likeness (QED) is 0.812. The molecule has 0 radical (unpaired) electrons. The van der Waals surface area contributed by atoms with Gasteiger partial charge in [-0.25, -0.2) is 0 Å². The third-order valence-electron chi connectivity index (χ3n) is 3.65. The number of hydrogen-bond acceptors (Lipinski definition) is 3. The first-order chi connectivity index (χ1) is 8.20. The molecule has 1 fully saturated rings. The van der Waals surface area contributed by atoms with Gasteiger partial charge < -0.3 is 10.2 Å². The highest BCUT2D eigenvalue weighted by Crippen LogP contribution is 2.21. The van der Waals surface area contributed by atoms with Gasteiger partial charge in [0.2, 0.25) is 0 Å². The number of halogens is 3. The van der Waals surface area contributed by atoms with Gasteiger partial charge in [0.15, 0.2) is 0 Å². The second kappa shape index (κ2) is 6.21. The Morgan fingerprint density at radius 3 is 2.39 bits per heavy atom. The lowest BCUT2D eigenvalue weighted by Gasteiger charge is -2.26. The highest BCUT2D eigenvalue weighted by Gasteiger charge is 2.33. The average molecular weight is 267 g/mol. The summed E-state index contributed by atoms with van der Waals surface area (Å²) in [7, 11) is 4.11. The van der Waals surface area contributed by atoms with Gasteiger partial charge in [-0.3, -0.25) is 4.90 Å². The normalized spacial score (nSPS) is 28.0. The third-order valence-corrected chi connectivity index (χ3v) is 3.65. The van der Waals surface area contributed by atoms with Crippen molar-refractivity contribution in [1.29, 1.82) is 0 Å². The Bertz CT molecular complexity index is 255. The van der Waals surface area contributed by atoms with Gasteiger partial charge in [0, 0.05) is 31.7 Å². The monoisotopic (exact) mass is 267 g/mol. The van der Waals surface area contributed by atoms with Gasteiger partial charge in [-0.15, -0.1) is 0 Å². The van der Waals surface area contributed by atoms with Crippen LogP contribution in [-0.4, -0.2) is 68.3 Å². The van der Waals surface area contributed by atoms with Crippen molar-refractivity contribution in [2.24, 2.45) is 5.92 Å². The van der Waals surface area contributed by atoms with E-state index in [0.717, 1.165) is 13.1 Å². The first-order valence-electron chi connectivity index (χ1n) is 6.38. The zero-order valence-corrected chi connectivity index (χ0v) is 11.6. The average Bonchev–Trinajstić information content (AvgIpc) is 2.58. The standard InChI is InChI=1S/C12H24F3N3/c1-9-6-18(7-11(9)17(3)4)10(2)5-16-8-12(13,14)15/h9-11,16H,5-8H2,1-4H3. The summed E-state index contributed by atoms with van der Waals surface area (Å²) < 4.78 is 36.1. The number of likely N-dealkylation sites (tertiary alicyclic amines) is 1. The predicted molar refractivity (Wildman–Crippen MR) is 66.6 cm³/mol. The number of nitrogens with zero attached hydrogens (tertiary/aromatic N) is 2. The van der Waals surface area contributed by atoms with Crippen molar-refractivity contribution in [2.75, 3.05) is 40.3 Å². The van der Waals surface area contributed by atoms with E-state index in [0.29, 0.717) is 18.5 Å². The Kier molecular flexibility index (Phi) is 5.43. The maximum absolute atomic E-state index is 12.0. The molecular weight excluding hydrogens is 243 g/mol. The van der Waals surface area contributed by atoms with Crippen LogP contribution in [0.25, 0.3) is 0 Å². The molecule has 0 aromatic rings. The fourth-order valence-corrected chi connectivity index (χ4v) is 2.57. The molecule has 1 aliphatic rings. The van der Waals surface area contributed by atoms with E-state index in [9.17, 15) is 13.2 Å². The van der Waals surface area contributed by atoms with Gasteiger partial charge in [-0.1, -0.05) is 6.92 Å². The van der Waals surface area contributed by atoms with Crippen LogP contribution in [-0.2, 0) is 0 Å². The van der Waals surface area contributed by atoms with E-state index in [1.165, 1.54) is 0 Å². The second-order valence-electron chi connectivity index (χ2n) is 5.56. The van der Waals surface area contributed by atoms with Gasteiger partial charge in [0.1, 0.15) is 0 Å². The van der Waals surface area contributed by atoms with Crippen LogP contribution >= 0.6 is 0 Å². The lowest BCUT2D eigenvalue weighted by molar-refractivity contribution is -0.125. The zero-order chi connectivity index (χ0) is 13.9. The highest BCUT2D eigenvalue weighted by atomic mass is 19.4. The van der Waals surface area contributed by atoms with Crippen molar-refractivity contribution < 1.29 is 13.2 Å². The van der Waals surface area contributed by atoms with Crippen LogP contribution in [0.1, 0.15) is 13.8 Å². The number of hydrogen-bond donors (Lipinski definition) is 1. The summed E-state index contributed by atoms with van der Waals surface area (Å²) in [5.41, 5.74) is 0. The van der Waals surface area contributed by atoms with Gasteiger partial charge in [0.25, 0.3) is 0 Å². The maximum Gasteiger partial charge on any atom is 0.401 e. The Morgan fingerprint density at radius 1 is 1.33 bits per heavy atom. The number of nitrogens with one attached hydrogen (secondary N) is 1. The number of likely N-dealkylation sites (N-methyl/N-ethyl adjacent to an activating group) is 1. The van der Waals surface area contributed by atoms with E-state index in [-0.39, 0.29) is 6.04 Å². The molecule has 0 aromatic carbocycles. The van der Waals surface area contributed by atoms with E-state index in [1.807, 2.05) is 6.92 Å². The van der Waals surface area contributed by atoms with E-state index < -0.39 is 12.7 Å². The fourth-order valence-electron chi connectivity index (χ4n) is 2.57. The lowest BCUT2D eigenvalue weighted by Crippen LogP contribution is -2.43. The minimum absolute atomic E-state index is 0.139. The molecule has 1 heterocycles. The molecule has 18 heavy (non-hydrogen) atoms. The van der Waals surface area contributed by atoms with Crippen molar-refractivity contribution in [1.82, 2.24) is 15.1 Å². The van der Waals surface area contributed by atoms with E-state index in [1.54, 1.807) is 0 Å². The van der Waals surface area contributed by atoms with Gasteiger partial charge in [-0.2, -0.15) is 13.2 Å². The molecule has 3 atom stereocenters. The summed E-state index contributed by atoms with van der Waals surface area (Å²) in [5, 5.41) is 2.48. The highest BCUT2D eigenvalue weighted by molar-refractivity contribution is 4.89. The molecule has 3 nitrogen and oxygen atoms in total. The maximum atomic E-state index is 12.0. The van der Waals surface area contributed by atoms with Crippen molar-refractivity contribution in [2.45, 2.75) is 32.1 Å². The van der Waals surface area contributed by atoms with Gasteiger partial charge >= 0.3 is 6.18 Å². The number of alkyl halides is 3. The molecule has 1 aliphatic heterocycles. The molecule has 0 bridgehead atoms. The lowest BCUT2D eigenvalue weighted by atomic mass is 10.1. The van der Waals surface area contributed by atoms with Crippen molar-refractivity contribution in [3.8, 4) is 0 Å². The molecule has 1 N–H and O–H groups in total. The van der Waals surface area contributed by atoms with Crippen LogP contribution in [0.4, 0.5) is 13.2 Å². The Labute approximate surface area is 107 Å². The van der Waals surface area contributed by atoms with Crippen molar-refractivity contribution in [3.05, 3.63) is 0 Å². The Hall–Kier alpha value is -0.330. The summed E-state index contributed by atoms with van der Waals surface area (Å²) in [6.45, 7) is 5.54. The van der Waals surface area contributed by atoms with E-state index in [4.69, 9.17) is 0 Å². The van der Waals surface area contributed by atoms with Crippen LogP contribution < -0.4 is 5.32 Å². The molecule has 1 saturated heterocycles. The molecule has 0 aliphatic carbocycles. The van der Waals surface area contributed by atoms with Crippen molar-refractivity contribution >= 4 is 0 Å². The van der Waals surface area contributed by atoms with Crippen LogP contribution in [0.3, 0.4) is 0 Å². The first-order valence-corrected chi connectivity index (χ1v) is 6.38. The van der Waals surface area contributed by atoms with E-state index >= 15 is 0 Å². The van der Waals surface area contributed by atoms with Crippen LogP contribution in [0, 0.1) is 5.92 Å². The van der Waals surface area contributed by atoms with Crippen LogP contribution in [0.2, 0.25) is 0 Å². The molecule has 0 saturated carbocycles. The second-order valence-corrected chi connectivity index (χ2v) is 5.56. The predicted octanol–water partition coefficient (Wildman–Crippen LogP) is 1.41. The van der Waals surface area contributed by atoms with Crippen LogP contribution in [0.15, 0.2) is 0 Å². The van der Waals surface area contributed by atoms with Crippen molar-refractivity contribution in [3.63, 3.8) is 0 Å². The van der Waals surface area contributed by atoms with Gasteiger partial charge in [0.05, 0.1) is 6.54 Å². The summed E-state index contributed by atoms with van der Waals surface area (Å²) in [6, 6.07) is 0.634. The molecular formula is C12H24F3N3. The third kappa shape index (κ3) is 4.74. The minimum Gasteiger partial charge on any atom is -0.307 e. The molecule has 1 rings (SSSR count). The molecule has 6 heteroatoms. The smallest absolute Gasteiger partial charge is 0.307 e. The summed E-state index contributed by atoms with van der Waals surface area (Å²) in [5.74, 6) is 0.560. The molecule has 0 aromatic heterocycles. The minimum atomic E-state index is -4.12. The first kappa shape index (κ1) is 15.7. The van der Waals surface area contributed by atoms with Gasteiger partial charge in [-0.05, 0) is 26.9 Å². The van der Waals surface area contributed by atoms with E-state index in [2.05, 4.69) is 36.1 Å².